The van der Waals surface area contributed by atoms with Crippen LogP contribution in [0.2, 0.25) is 5.32 Å². The summed E-state index contributed by atoms with van der Waals surface area (Å²) in [5.74, 6) is 0. The van der Waals surface area contributed by atoms with Gasteiger partial charge in [0, 0.05) is 0 Å². The Morgan fingerprint density at radius 3 is 2.95 bits per heavy atom. The van der Waals surface area contributed by atoms with Crippen LogP contribution in [0.25, 0.3) is 0 Å². The Hall–Kier alpha value is -0.441. The molecular formula is C15H21NOSSe. The van der Waals surface area contributed by atoms with Gasteiger partial charge in [-0.05, 0) is 0 Å². The minimum absolute atomic E-state index is 0.321. The molecule has 1 heterocycles. The normalized spacial score (nSPS) is 20.6. The van der Waals surface area contributed by atoms with Crippen LogP contribution in [-0.4, -0.2) is 33.0 Å². The van der Waals surface area contributed by atoms with Crippen molar-refractivity contribution in [1.29, 1.82) is 0 Å². The molecule has 0 fully saturated rings. The summed E-state index contributed by atoms with van der Waals surface area (Å²) < 4.78 is 1.52. The number of rotatable bonds is 5. The molecule has 0 amide bonds. The van der Waals surface area contributed by atoms with Gasteiger partial charge in [-0.15, -0.1) is 0 Å². The molecule has 1 aliphatic rings. The first-order valence-corrected chi connectivity index (χ1v) is 10.00. The standard InChI is InChI=1S/C15H21NOSSe/c1-11-8-9-13(17-16-11)10-19-15-7-5-4-6-14(15)12(2)18-3/h4-7,12-13H,8-10H2,1-3H3/t12-,13?/m0/s1. The summed E-state index contributed by atoms with van der Waals surface area (Å²) in [6.45, 7) is 4.32. The molecule has 2 rings (SSSR count). The summed E-state index contributed by atoms with van der Waals surface area (Å²) in [5.41, 5.74) is 2.62. The summed E-state index contributed by atoms with van der Waals surface area (Å²) in [7, 11) is 0. The third kappa shape index (κ3) is 4.27. The summed E-state index contributed by atoms with van der Waals surface area (Å²) in [6, 6.07) is 8.84. The Kier molecular flexibility index (Phi) is 5.80. The maximum atomic E-state index is 5.54. The molecule has 2 nitrogen and oxygen atoms in total. The zero-order valence-corrected chi connectivity index (χ0v) is 14.3. The SMILES string of the molecule is CS[C@@H](C)c1ccccc1[Se]CC1CCC(C)=NO1. The van der Waals surface area contributed by atoms with E-state index in [0.717, 1.165) is 23.9 Å². The quantitative estimate of drug-likeness (QED) is 0.765. The van der Waals surface area contributed by atoms with Gasteiger partial charge < -0.3 is 0 Å². The van der Waals surface area contributed by atoms with E-state index in [1.54, 1.807) is 0 Å². The van der Waals surface area contributed by atoms with Crippen LogP contribution < -0.4 is 4.46 Å². The zero-order chi connectivity index (χ0) is 13.7. The Morgan fingerprint density at radius 1 is 1.47 bits per heavy atom. The van der Waals surface area contributed by atoms with Crippen molar-refractivity contribution in [2.45, 2.75) is 43.4 Å². The van der Waals surface area contributed by atoms with Gasteiger partial charge in [0.15, 0.2) is 0 Å². The van der Waals surface area contributed by atoms with E-state index in [-0.39, 0.29) is 0 Å². The molecule has 19 heavy (non-hydrogen) atoms. The molecule has 0 saturated carbocycles. The van der Waals surface area contributed by atoms with E-state index in [0.29, 0.717) is 26.3 Å². The van der Waals surface area contributed by atoms with Gasteiger partial charge in [-0.1, -0.05) is 0 Å². The van der Waals surface area contributed by atoms with Gasteiger partial charge in [0.2, 0.25) is 0 Å². The fraction of sp³-hybridized carbons (Fsp3) is 0.533. The van der Waals surface area contributed by atoms with Gasteiger partial charge in [0.25, 0.3) is 0 Å². The third-order valence-corrected chi connectivity index (χ3v) is 6.84. The minimum atomic E-state index is 0.321. The predicted octanol–water partition coefficient (Wildman–Crippen LogP) is 3.41. The number of benzene rings is 1. The van der Waals surface area contributed by atoms with E-state index in [4.69, 9.17) is 4.84 Å². The van der Waals surface area contributed by atoms with Crippen molar-refractivity contribution in [1.82, 2.24) is 0 Å². The number of thioether (sulfide) groups is 1. The van der Waals surface area contributed by atoms with E-state index in [9.17, 15) is 0 Å². The average molecular weight is 342 g/mol. The molecule has 1 aromatic carbocycles. The molecule has 104 valence electrons. The Balaban J connectivity index is 1.96. The van der Waals surface area contributed by atoms with Crippen LogP contribution in [0.1, 0.15) is 37.5 Å². The van der Waals surface area contributed by atoms with Gasteiger partial charge in [-0.25, -0.2) is 0 Å². The van der Waals surface area contributed by atoms with Crippen LogP contribution in [0.4, 0.5) is 0 Å². The van der Waals surface area contributed by atoms with E-state index in [1.165, 1.54) is 10.0 Å². The number of hydrogen-bond acceptors (Lipinski definition) is 3. The van der Waals surface area contributed by atoms with E-state index < -0.39 is 0 Å². The Morgan fingerprint density at radius 2 is 2.26 bits per heavy atom. The molecule has 0 radical (unpaired) electrons. The molecule has 0 aliphatic carbocycles. The monoisotopic (exact) mass is 343 g/mol. The van der Waals surface area contributed by atoms with Crippen LogP contribution in [-0.2, 0) is 4.84 Å². The number of oxime groups is 1. The topological polar surface area (TPSA) is 21.6 Å². The van der Waals surface area contributed by atoms with Crippen molar-refractivity contribution in [2.24, 2.45) is 5.16 Å². The van der Waals surface area contributed by atoms with Crippen molar-refractivity contribution in [3.63, 3.8) is 0 Å². The van der Waals surface area contributed by atoms with Gasteiger partial charge in [-0.3, -0.25) is 0 Å². The van der Waals surface area contributed by atoms with Crippen LogP contribution >= 0.6 is 11.8 Å². The first kappa shape index (κ1) is 15.0. The van der Waals surface area contributed by atoms with Crippen LogP contribution in [0.3, 0.4) is 0 Å². The van der Waals surface area contributed by atoms with Crippen LogP contribution in [0.5, 0.6) is 0 Å². The van der Waals surface area contributed by atoms with Gasteiger partial charge >= 0.3 is 126 Å². The van der Waals surface area contributed by atoms with Crippen molar-refractivity contribution in [3.05, 3.63) is 29.8 Å². The molecule has 0 N–H and O–H groups in total. The summed E-state index contributed by atoms with van der Waals surface area (Å²) in [4.78, 5) is 5.54. The van der Waals surface area contributed by atoms with E-state index in [1.807, 2.05) is 18.7 Å². The Bertz CT molecular complexity index is 450. The second-order valence-electron chi connectivity index (χ2n) is 4.82. The second-order valence-corrected chi connectivity index (χ2v) is 8.23. The van der Waals surface area contributed by atoms with Gasteiger partial charge in [-0.2, -0.15) is 0 Å². The van der Waals surface area contributed by atoms with E-state index in [2.05, 4.69) is 42.6 Å². The first-order valence-electron chi connectivity index (χ1n) is 6.64. The summed E-state index contributed by atoms with van der Waals surface area (Å²) in [6.07, 6.45) is 4.71. The fourth-order valence-corrected chi connectivity index (χ4v) is 5.11. The van der Waals surface area contributed by atoms with Crippen molar-refractivity contribution in [2.75, 3.05) is 6.26 Å². The van der Waals surface area contributed by atoms with Crippen molar-refractivity contribution < 1.29 is 4.84 Å². The molecule has 1 aromatic rings. The van der Waals surface area contributed by atoms with Gasteiger partial charge in [0.1, 0.15) is 0 Å². The molecule has 0 aromatic heterocycles. The van der Waals surface area contributed by atoms with Gasteiger partial charge in [0.05, 0.1) is 0 Å². The summed E-state index contributed by atoms with van der Waals surface area (Å²) >= 11 is 2.39. The molecule has 2 atom stereocenters. The molecule has 1 unspecified atom stereocenters. The molecule has 4 heteroatoms. The third-order valence-electron chi connectivity index (χ3n) is 3.32. The predicted molar refractivity (Wildman–Crippen MR) is 85.8 cm³/mol. The number of hydrogen-bond donors (Lipinski definition) is 0. The second kappa shape index (κ2) is 7.37. The fourth-order valence-electron chi connectivity index (χ4n) is 2.00. The first-order chi connectivity index (χ1) is 9.20. The van der Waals surface area contributed by atoms with Crippen molar-refractivity contribution in [3.8, 4) is 0 Å². The average Bonchev–Trinajstić information content (AvgIpc) is 2.46. The van der Waals surface area contributed by atoms with Crippen LogP contribution in [0, 0.1) is 0 Å². The molecule has 0 spiro atoms. The number of nitrogens with zero attached hydrogens (tertiary/aromatic N) is 1. The molecule has 1 aliphatic heterocycles. The summed E-state index contributed by atoms with van der Waals surface area (Å²) in [5, 5.41) is 5.82. The molecular weight excluding hydrogens is 321 g/mol. The van der Waals surface area contributed by atoms with E-state index >= 15 is 0 Å². The maximum absolute atomic E-state index is 5.54. The molecule has 0 bridgehead atoms. The zero-order valence-electron chi connectivity index (χ0n) is 11.8. The molecule has 0 saturated heterocycles. The van der Waals surface area contributed by atoms with Crippen LogP contribution in [0.15, 0.2) is 29.4 Å². The van der Waals surface area contributed by atoms with Crippen molar-refractivity contribution >= 4 is 36.9 Å². The Labute approximate surface area is 126 Å².